The van der Waals surface area contributed by atoms with E-state index in [1.54, 1.807) is 17.8 Å². The summed E-state index contributed by atoms with van der Waals surface area (Å²) in [6.45, 7) is 0. The standard InChI is InChI=1S/C18H19ClFNOS/c19-15-8-9-17(16(20)13-15)21-18(22)10-12-23-11-4-7-14-5-2-1-3-6-14/h1-3,5-6,8-9,13H,4,7,10-12H2,(H,21,22). The van der Waals surface area contributed by atoms with E-state index in [1.165, 1.54) is 17.7 Å². The Kier molecular flexibility index (Phi) is 7.43. The molecule has 0 aromatic heterocycles. The van der Waals surface area contributed by atoms with E-state index in [4.69, 9.17) is 11.6 Å². The van der Waals surface area contributed by atoms with Gasteiger partial charge in [-0.1, -0.05) is 41.9 Å². The summed E-state index contributed by atoms with van der Waals surface area (Å²) in [4.78, 5) is 11.8. The summed E-state index contributed by atoms with van der Waals surface area (Å²) in [5.74, 6) is 1.05. The normalized spacial score (nSPS) is 10.5. The molecule has 0 saturated heterocycles. The van der Waals surface area contributed by atoms with E-state index < -0.39 is 5.82 Å². The second kappa shape index (κ2) is 9.58. The molecule has 0 saturated carbocycles. The van der Waals surface area contributed by atoms with Crippen LogP contribution in [0.1, 0.15) is 18.4 Å². The van der Waals surface area contributed by atoms with Crippen LogP contribution in [0.3, 0.4) is 0 Å². The Morgan fingerprint density at radius 1 is 1.13 bits per heavy atom. The number of hydrogen-bond donors (Lipinski definition) is 1. The first kappa shape index (κ1) is 17.8. The Morgan fingerprint density at radius 3 is 2.65 bits per heavy atom. The number of carbonyl (C=O) groups excluding carboxylic acids is 1. The van der Waals surface area contributed by atoms with E-state index in [9.17, 15) is 9.18 Å². The molecule has 0 atom stereocenters. The quantitative estimate of drug-likeness (QED) is 0.664. The van der Waals surface area contributed by atoms with Gasteiger partial charge in [0.25, 0.3) is 0 Å². The van der Waals surface area contributed by atoms with Crippen LogP contribution in [0, 0.1) is 5.82 Å². The molecule has 2 rings (SSSR count). The minimum atomic E-state index is -0.513. The summed E-state index contributed by atoms with van der Waals surface area (Å²) in [7, 11) is 0. The van der Waals surface area contributed by atoms with Gasteiger partial charge in [-0.05, 0) is 42.4 Å². The van der Waals surface area contributed by atoms with Gasteiger partial charge in [0, 0.05) is 17.2 Å². The molecule has 2 aromatic carbocycles. The fourth-order valence-electron chi connectivity index (χ4n) is 2.09. The van der Waals surface area contributed by atoms with Crippen molar-refractivity contribution in [2.75, 3.05) is 16.8 Å². The number of benzene rings is 2. The Morgan fingerprint density at radius 2 is 1.91 bits per heavy atom. The molecule has 0 aliphatic rings. The molecule has 0 aliphatic heterocycles. The van der Waals surface area contributed by atoms with Gasteiger partial charge in [-0.3, -0.25) is 4.79 Å². The van der Waals surface area contributed by atoms with E-state index in [-0.39, 0.29) is 11.6 Å². The van der Waals surface area contributed by atoms with E-state index in [2.05, 4.69) is 17.4 Å². The Balaban J connectivity index is 1.59. The molecule has 1 N–H and O–H groups in total. The highest BCUT2D eigenvalue weighted by molar-refractivity contribution is 7.99. The maximum Gasteiger partial charge on any atom is 0.225 e. The van der Waals surface area contributed by atoms with E-state index >= 15 is 0 Å². The van der Waals surface area contributed by atoms with Gasteiger partial charge in [-0.25, -0.2) is 4.39 Å². The fraction of sp³-hybridized carbons (Fsp3) is 0.278. The van der Waals surface area contributed by atoms with Crippen molar-refractivity contribution < 1.29 is 9.18 Å². The first-order valence-corrected chi connectivity index (χ1v) is 9.05. The average Bonchev–Trinajstić information content (AvgIpc) is 2.54. The van der Waals surface area contributed by atoms with Crippen LogP contribution in [0.2, 0.25) is 5.02 Å². The minimum absolute atomic E-state index is 0.175. The number of thioether (sulfide) groups is 1. The summed E-state index contributed by atoms with van der Waals surface area (Å²) in [5.41, 5.74) is 1.51. The van der Waals surface area contributed by atoms with Gasteiger partial charge < -0.3 is 5.32 Å². The third kappa shape index (κ3) is 6.63. The van der Waals surface area contributed by atoms with E-state index in [0.717, 1.165) is 24.3 Å². The first-order valence-electron chi connectivity index (χ1n) is 7.52. The number of rotatable bonds is 8. The number of nitrogens with one attached hydrogen (secondary N) is 1. The van der Waals surface area contributed by atoms with Gasteiger partial charge in [0.05, 0.1) is 5.69 Å². The fourth-order valence-corrected chi connectivity index (χ4v) is 3.13. The van der Waals surface area contributed by atoms with Crippen molar-refractivity contribution in [2.45, 2.75) is 19.3 Å². The van der Waals surface area contributed by atoms with Gasteiger partial charge in [0.1, 0.15) is 5.82 Å². The van der Waals surface area contributed by atoms with Crippen molar-refractivity contribution in [2.24, 2.45) is 0 Å². The second-order valence-corrected chi connectivity index (χ2v) is 6.79. The molecular weight excluding hydrogens is 333 g/mol. The van der Waals surface area contributed by atoms with Crippen LogP contribution in [0.4, 0.5) is 10.1 Å². The number of anilines is 1. The molecule has 0 fully saturated rings. The topological polar surface area (TPSA) is 29.1 Å². The largest absolute Gasteiger partial charge is 0.324 e. The van der Waals surface area contributed by atoms with E-state index in [1.807, 2.05) is 18.2 Å². The van der Waals surface area contributed by atoms with E-state index in [0.29, 0.717) is 11.4 Å². The predicted octanol–water partition coefficient (Wildman–Crippen LogP) is 5.17. The molecule has 2 aromatic rings. The van der Waals surface area contributed by atoms with Crippen molar-refractivity contribution in [1.82, 2.24) is 0 Å². The third-order valence-electron chi connectivity index (χ3n) is 3.28. The molecule has 0 radical (unpaired) electrons. The monoisotopic (exact) mass is 351 g/mol. The lowest BCUT2D eigenvalue weighted by Crippen LogP contribution is -2.13. The minimum Gasteiger partial charge on any atom is -0.324 e. The summed E-state index contributed by atoms with van der Waals surface area (Å²) < 4.78 is 13.6. The number of hydrogen-bond acceptors (Lipinski definition) is 2. The highest BCUT2D eigenvalue weighted by Crippen LogP contribution is 2.19. The van der Waals surface area contributed by atoms with Crippen LogP contribution in [0.15, 0.2) is 48.5 Å². The first-order chi connectivity index (χ1) is 11.1. The lowest BCUT2D eigenvalue weighted by molar-refractivity contribution is -0.115. The van der Waals surface area contributed by atoms with Crippen LogP contribution in [-0.4, -0.2) is 17.4 Å². The van der Waals surface area contributed by atoms with Crippen molar-refractivity contribution in [3.05, 3.63) is 64.9 Å². The molecule has 0 unspecified atom stereocenters. The number of aryl methyl sites for hydroxylation is 1. The zero-order valence-electron chi connectivity index (χ0n) is 12.7. The van der Waals surface area contributed by atoms with Crippen LogP contribution in [-0.2, 0) is 11.2 Å². The van der Waals surface area contributed by atoms with Gasteiger partial charge in [-0.2, -0.15) is 11.8 Å². The molecular formula is C18H19ClFNOS. The molecule has 1 amide bonds. The summed E-state index contributed by atoms with van der Waals surface area (Å²) >= 11 is 7.42. The van der Waals surface area contributed by atoms with Gasteiger partial charge >= 0.3 is 0 Å². The zero-order valence-corrected chi connectivity index (χ0v) is 14.3. The Bertz CT molecular complexity index is 636. The number of carbonyl (C=O) groups is 1. The van der Waals surface area contributed by atoms with Crippen molar-refractivity contribution >= 4 is 35.0 Å². The van der Waals surface area contributed by atoms with Gasteiger partial charge in [0.2, 0.25) is 5.91 Å². The SMILES string of the molecule is O=C(CCSCCCc1ccccc1)Nc1ccc(Cl)cc1F. The predicted molar refractivity (Wildman–Crippen MR) is 96.7 cm³/mol. The molecule has 0 aliphatic carbocycles. The summed E-state index contributed by atoms with van der Waals surface area (Å²) in [6.07, 6.45) is 2.51. The molecule has 0 spiro atoms. The number of halogens is 2. The van der Waals surface area contributed by atoms with Gasteiger partial charge in [0.15, 0.2) is 0 Å². The van der Waals surface area contributed by atoms with Gasteiger partial charge in [-0.15, -0.1) is 0 Å². The highest BCUT2D eigenvalue weighted by atomic mass is 35.5. The Labute approximate surface area is 145 Å². The van der Waals surface area contributed by atoms with Crippen LogP contribution < -0.4 is 5.32 Å². The molecule has 0 bridgehead atoms. The molecule has 0 heterocycles. The maximum absolute atomic E-state index is 13.6. The highest BCUT2D eigenvalue weighted by Gasteiger charge is 2.07. The summed E-state index contributed by atoms with van der Waals surface area (Å²) in [5, 5.41) is 2.88. The molecule has 122 valence electrons. The van der Waals surface area contributed by atoms with Crippen LogP contribution in [0.5, 0.6) is 0 Å². The van der Waals surface area contributed by atoms with Crippen molar-refractivity contribution in [1.29, 1.82) is 0 Å². The maximum atomic E-state index is 13.6. The van der Waals surface area contributed by atoms with Crippen LogP contribution >= 0.6 is 23.4 Å². The average molecular weight is 352 g/mol. The van der Waals surface area contributed by atoms with Crippen LogP contribution in [0.25, 0.3) is 0 Å². The van der Waals surface area contributed by atoms with Crippen molar-refractivity contribution in [3.63, 3.8) is 0 Å². The third-order valence-corrected chi connectivity index (χ3v) is 4.58. The number of amides is 1. The lowest BCUT2D eigenvalue weighted by atomic mass is 10.1. The molecule has 5 heteroatoms. The Hall–Kier alpha value is -1.52. The second-order valence-electron chi connectivity index (χ2n) is 5.12. The lowest BCUT2D eigenvalue weighted by Gasteiger charge is -2.07. The molecule has 23 heavy (non-hydrogen) atoms. The molecule has 2 nitrogen and oxygen atoms in total. The van der Waals surface area contributed by atoms with Crippen molar-refractivity contribution in [3.8, 4) is 0 Å². The summed E-state index contributed by atoms with van der Waals surface area (Å²) in [6, 6.07) is 14.6. The smallest absolute Gasteiger partial charge is 0.225 e. The zero-order chi connectivity index (χ0) is 16.5.